The zero-order valence-electron chi connectivity index (χ0n) is 10.8. The smallest absolute Gasteiger partial charge is 0.0641 e. The van der Waals surface area contributed by atoms with Crippen LogP contribution in [-0.2, 0) is 4.74 Å². The van der Waals surface area contributed by atoms with Gasteiger partial charge in [0.1, 0.15) is 0 Å². The van der Waals surface area contributed by atoms with Crippen molar-refractivity contribution >= 4 is 0 Å². The second-order valence-electron chi connectivity index (χ2n) is 5.39. The fraction of sp³-hybridized carbons (Fsp3) is 1.00. The van der Waals surface area contributed by atoms with Crippen LogP contribution in [-0.4, -0.2) is 24.8 Å². The van der Waals surface area contributed by atoms with Gasteiger partial charge in [0.25, 0.3) is 0 Å². The Morgan fingerprint density at radius 3 is 2.53 bits per heavy atom. The molecule has 1 saturated heterocycles. The lowest BCUT2D eigenvalue weighted by Gasteiger charge is -2.36. The number of nitrogens with one attached hydrogen (secondary N) is 1. The van der Waals surface area contributed by atoms with Gasteiger partial charge in [0.15, 0.2) is 0 Å². The van der Waals surface area contributed by atoms with Gasteiger partial charge in [0.05, 0.1) is 5.60 Å². The van der Waals surface area contributed by atoms with Crippen molar-refractivity contribution in [2.75, 3.05) is 13.2 Å². The first-order valence-corrected chi connectivity index (χ1v) is 6.44. The topological polar surface area (TPSA) is 21.3 Å². The van der Waals surface area contributed by atoms with Gasteiger partial charge in [-0.1, -0.05) is 26.7 Å². The van der Waals surface area contributed by atoms with E-state index in [1.807, 2.05) is 0 Å². The molecule has 0 amide bonds. The van der Waals surface area contributed by atoms with E-state index in [2.05, 4.69) is 33.0 Å². The molecule has 1 aliphatic rings. The monoisotopic (exact) mass is 213 g/mol. The van der Waals surface area contributed by atoms with Crippen molar-refractivity contribution in [3.05, 3.63) is 0 Å². The van der Waals surface area contributed by atoms with Gasteiger partial charge in [-0.25, -0.2) is 0 Å². The molecule has 0 spiro atoms. The third-order valence-electron chi connectivity index (χ3n) is 3.55. The van der Waals surface area contributed by atoms with E-state index in [0.717, 1.165) is 18.9 Å². The van der Waals surface area contributed by atoms with Crippen LogP contribution >= 0.6 is 0 Å². The van der Waals surface area contributed by atoms with Crippen LogP contribution < -0.4 is 5.32 Å². The maximum atomic E-state index is 5.72. The summed E-state index contributed by atoms with van der Waals surface area (Å²) in [7, 11) is 0. The molecule has 0 saturated carbocycles. The molecule has 0 radical (unpaired) electrons. The molecule has 1 heterocycles. The van der Waals surface area contributed by atoms with E-state index in [-0.39, 0.29) is 5.60 Å². The Kier molecular flexibility index (Phi) is 5.07. The lowest BCUT2D eigenvalue weighted by molar-refractivity contribution is -0.0632. The molecule has 0 aromatic heterocycles. The van der Waals surface area contributed by atoms with E-state index in [4.69, 9.17) is 4.74 Å². The van der Waals surface area contributed by atoms with E-state index in [0.29, 0.717) is 6.04 Å². The molecule has 1 N–H and O–H groups in total. The predicted octanol–water partition coefficient (Wildman–Crippen LogP) is 2.97. The number of hydrogen-bond acceptors (Lipinski definition) is 2. The number of hydrogen-bond donors (Lipinski definition) is 1. The van der Waals surface area contributed by atoms with Gasteiger partial charge in [-0.2, -0.15) is 0 Å². The molecule has 0 aromatic rings. The van der Waals surface area contributed by atoms with Gasteiger partial charge >= 0.3 is 0 Å². The van der Waals surface area contributed by atoms with Crippen molar-refractivity contribution in [3.8, 4) is 0 Å². The van der Waals surface area contributed by atoms with Gasteiger partial charge in [-0.15, -0.1) is 0 Å². The van der Waals surface area contributed by atoms with Crippen LogP contribution in [0.4, 0.5) is 0 Å². The minimum absolute atomic E-state index is 0.0733. The molecule has 0 aromatic carbocycles. The van der Waals surface area contributed by atoms with Crippen molar-refractivity contribution in [2.45, 2.75) is 65.0 Å². The summed E-state index contributed by atoms with van der Waals surface area (Å²) in [5.74, 6) is 0.843. The lowest BCUT2D eigenvalue weighted by atomic mass is 9.93. The summed E-state index contributed by atoms with van der Waals surface area (Å²) in [5.41, 5.74) is 0.0733. The van der Waals surface area contributed by atoms with Crippen LogP contribution in [0.25, 0.3) is 0 Å². The van der Waals surface area contributed by atoms with Crippen LogP contribution in [0.2, 0.25) is 0 Å². The zero-order chi connectivity index (χ0) is 11.3. The normalized spacial score (nSPS) is 25.8. The third-order valence-corrected chi connectivity index (χ3v) is 3.55. The first-order valence-electron chi connectivity index (χ1n) is 6.44. The first kappa shape index (κ1) is 13.0. The minimum atomic E-state index is 0.0733. The van der Waals surface area contributed by atoms with Crippen LogP contribution in [0.5, 0.6) is 0 Å². The van der Waals surface area contributed by atoms with Crippen molar-refractivity contribution in [3.63, 3.8) is 0 Å². The Morgan fingerprint density at radius 2 is 2.00 bits per heavy atom. The highest BCUT2D eigenvalue weighted by Gasteiger charge is 2.28. The average Bonchev–Trinajstić information content (AvgIpc) is 2.18. The highest BCUT2D eigenvalue weighted by Crippen LogP contribution is 2.24. The van der Waals surface area contributed by atoms with Crippen LogP contribution in [0.15, 0.2) is 0 Å². The van der Waals surface area contributed by atoms with Gasteiger partial charge in [0.2, 0.25) is 0 Å². The highest BCUT2D eigenvalue weighted by molar-refractivity contribution is 4.83. The van der Waals surface area contributed by atoms with Crippen molar-refractivity contribution in [1.82, 2.24) is 5.32 Å². The zero-order valence-corrected chi connectivity index (χ0v) is 10.8. The highest BCUT2D eigenvalue weighted by atomic mass is 16.5. The number of ether oxygens (including phenoxy) is 1. The minimum Gasteiger partial charge on any atom is -0.375 e. The number of rotatable bonds is 5. The van der Waals surface area contributed by atoms with E-state index >= 15 is 0 Å². The second kappa shape index (κ2) is 5.86. The van der Waals surface area contributed by atoms with Crippen LogP contribution in [0, 0.1) is 5.92 Å². The molecule has 1 fully saturated rings. The molecule has 90 valence electrons. The van der Waals surface area contributed by atoms with Crippen LogP contribution in [0.3, 0.4) is 0 Å². The van der Waals surface area contributed by atoms with E-state index in [1.165, 1.54) is 25.8 Å². The van der Waals surface area contributed by atoms with Crippen molar-refractivity contribution in [1.29, 1.82) is 0 Å². The van der Waals surface area contributed by atoms with E-state index in [9.17, 15) is 0 Å². The molecule has 15 heavy (non-hydrogen) atoms. The average molecular weight is 213 g/mol. The molecule has 2 heteroatoms. The molecule has 0 aliphatic carbocycles. The van der Waals surface area contributed by atoms with Gasteiger partial charge in [-0.3, -0.25) is 0 Å². The Balaban J connectivity index is 2.26. The Labute approximate surface area is 94.8 Å². The summed E-state index contributed by atoms with van der Waals surface area (Å²) in [6.07, 6.45) is 4.89. The summed E-state index contributed by atoms with van der Waals surface area (Å²) in [6.45, 7) is 11.0. The van der Waals surface area contributed by atoms with Crippen molar-refractivity contribution in [2.24, 2.45) is 5.92 Å². The fourth-order valence-electron chi connectivity index (χ4n) is 2.32. The lowest BCUT2D eigenvalue weighted by Crippen LogP contribution is -2.44. The summed E-state index contributed by atoms with van der Waals surface area (Å²) in [6, 6.07) is 0.661. The maximum absolute atomic E-state index is 5.72. The van der Waals surface area contributed by atoms with Gasteiger partial charge in [-0.05, 0) is 39.2 Å². The molecule has 1 rings (SSSR count). The standard InChI is InChI=1S/C13H27NO/c1-5-11(6-2)10-14-12-7-8-15-13(3,4)9-12/h11-12,14H,5-10H2,1-4H3. The van der Waals surface area contributed by atoms with Crippen molar-refractivity contribution < 1.29 is 4.74 Å². The quantitative estimate of drug-likeness (QED) is 0.758. The molecular weight excluding hydrogens is 186 g/mol. The summed E-state index contributed by atoms with van der Waals surface area (Å²) < 4.78 is 5.72. The third kappa shape index (κ3) is 4.52. The predicted molar refractivity (Wildman–Crippen MR) is 65.1 cm³/mol. The molecule has 0 bridgehead atoms. The second-order valence-corrected chi connectivity index (χ2v) is 5.39. The SMILES string of the molecule is CCC(CC)CNC1CCOC(C)(C)C1. The van der Waals surface area contributed by atoms with Gasteiger partial charge < -0.3 is 10.1 Å². The largest absolute Gasteiger partial charge is 0.375 e. The van der Waals surface area contributed by atoms with Crippen LogP contribution in [0.1, 0.15) is 53.4 Å². The fourth-order valence-corrected chi connectivity index (χ4v) is 2.32. The summed E-state index contributed by atoms with van der Waals surface area (Å²) >= 11 is 0. The molecule has 1 unspecified atom stereocenters. The Morgan fingerprint density at radius 1 is 1.33 bits per heavy atom. The Hall–Kier alpha value is -0.0800. The Bertz CT molecular complexity index is 175. The maximum Gasteiger partial charge on any atom is 0.0641 e. The molecule has 2 nitrogen and oxygen atoms in total. The summed E-state index contributed by atoms with van der Waals surface area (Å²) in [4.78, 5) is 0. The molecule has 1 aliphatic heterocycles. The van der Waals surface area contributed by atoms with Gasteiger partial charge in [0, 0.05) is 12.6 Å². The van der Waals surface area contributed by atoms with E-state index < -0.39 is 0 Å². The van der Waals surface area contributed by atoms with E-state index in [1.54, 1.807) is 0 Å². The first-order chi connectivity index (χ1) is 7.07. The molecule has 1 atom stereocenters. The summed E-state index contributed by atoms with van der Waals surface area (Å²) in [5, 5.41) is 3.70. The molecular formula is C13H27NO.